The molecule has 2 aromatic carbocycles. The number of hydrogen-bond acceptors (Lipinski definition) is 2. The number of carbonyl (C=O) groups excluding carboxylic acids is 1. The third kappa shape index (κ3) is 3.37. The van der Waals surface area contributed by atoms with Crippen LogP contribution in [0.3, 0.4) is 0 Å². The number of nitrogens with zero attached hydrogens (tertiary/aromatic N) is 1. The number of aliphatic hydroxyl groups excluding tert-OH is 1. The average Bonchev–Trinajstić information content (AvgIpc) is 2.55. The summed E-state index contributed by atoms with van der Waals surface area (Å²) in [6.45, 7) is 3.98. The minimum atomic E-state index is -0.184. The first-order chi connectivity index (χ1) is 10.6. The van der Waals surface area contributed by atoms with E-state index in [1.54, 1.807) is 11.9 Å². The van der Waals surface area contributed by atoms with E-state index in [0.717, 1.165) is 11.1 Å². The first-order valence-electron chi connectivity index (χ1n) is 7.58. The molecular formula is C19H23NO2. The van der Waals surface area contributed by atoms with Crippen molar-refractivity contribution in [2.45, 2.75) is 19.9 Å². The predicted octanol–water partition coefficient (Wildman–Crippen LogP) is 3.44. The molecule has 0 fully saturated rings. The standard InChI is InChI=1S/C19H23NO2/c1-14(2)18(13-21)20(3)19(22)17-12-8-7-11-16(17)15-9-5-4-6-10-15/h4-12,14,18,21H,13H2,1-3H3/t18-/m1/s1. The highest BCUT2D eigenvalue weighted by atomic mass is 16.3. The van der Waals surface area contributed by atoms with Crippen molar-refractivity contribution < 1.29 is 9.90 Å². The topological polar surface area (TPSA) is 40.5 Å². The minimum Gasteiger partial charge on any atom is -0.394 e. The second-order valence-corrected chi connectivity index (χ2v) is 5.82. The molecule has 3 heteroatoms. The van der Waals surface area contributed by atoms with Gasteiger partial charge < -0.3 is 10.0 Å². The molecule has 1 amide bonds. The summed E-state index contributed by atoms with van der Waals surface area (Å²) in [7, 11) is 1.75. The molecular weight excluding hydrogens is 274 g/mol. The molecule has 1 atom stereocenters. The van der Waals surface area contributed by atoms with Crippen molar-refractivity contribution in [3.05, 3.63) is 60.2 Å². The lowest BCUT2D eigenvalue weighted by atomic mass is 9.97. The number of benzene rings is 2. The van der Waals surface area contributed by atoms with Crippen molar-refractivity contribution in [1.82, 2.24) is 4.90 Å². The van der Waals surface area contributed by atoms with Gasteiger partial charge in [-0.15, -0.1) is 0 Å². The van der Waals surface area contributed by atoms with Gasteiger partial charge in [-0.2, -0.15) is 0 Å². The van der Waals surface area contributed by atoms with Gasteiger partial charge in [0.15, 0.2) is 0 Å². The third-order valence-corrected chi connectivity index (χ3v) is 4.02. The molecule has 0 aliphatic heterocycles. The second kappa shape index (κ2) is 7.23. The number of hydrogen-bond donors (Lipinski definition) is 1. The molecule has 0 aliphatic carbocycles. The maximum Gasteiger partial charge on any atom is 0.254 e. The van der Waals surface area contributed by atoms with E-state index in [1.165, 1.54) is 0 Å². The minimum absolute atomic E-state index is 0.0343. The van der Waals surface area contributed by atoms with Crippen molar-refractivity contribution in [2.24, 2.45) is 5.92 Å². The molecule has 0 aromatic heterocycles. The third-order valence-electron chi connectivity index (χ3n) is 4.02. The zero-order valence-electron chi connectivity index (χ0n) is 13.4. The van der Waals surface area contributed by atoms with Crippen molar-refractivity contribution in [3.63, 3.8) is 0 Å². The first kappa shape index (κ1) is 16.2. The van der Waals surface area contributed by atoms with E-state index in [4.69, 9.17) is 0 Å². The van der Waals surface area contributed by atoms with E-state index in [1.807, 2.05) is 68.4 Å². The molecule has 0 spiro atoms. The Balaban J connectivity index is 2.39. The maximum absolute atomic E-state index is 12.9. The van der Waals surface area contributed by atoms with Gasteiger partial charge in [0.2, 0.25) is 0 Å². The molecule has 0 saturated heterocycles. The summed E-state index contributed by atoms with van der Waals surface area (Å²) in [5, 5.41) is 9.56. The van der Waals surface area contributed by atoms with E-state index in [-0.39, 0.29) is 24.5 Å². The Hall–Kier alpha value is -2.13. The van der Waals surface area contributed by atoms with Crippen LogP contribution in [0.1, 0.15) is 24.2 Å². The molecule has 2 aromatic rings. The van der Waals surface area contributed by atoms with Crippen LogP contribution in [0.2, 0.25) is 0 Å². The van der Waals surface area contributed by atoms with Crippen LogP contribution in [0, 0.1) is 5.92 Å². The normalized spacial score (nSPS) is 12.2. The van der Waals surface area contributed by atoms with E-state index in [2.05, 4.69) is 0 Å². The van der Waals surface area contributed by atoms with Gasteiger partial charge in [0.25, 0.3) is 5.91 Å². The zero-order chi connectivity index (χ0) is 16.1. The SMILES string of the molecule is CC(C)[C@@H](CO)N(C)C(=O)c1ccccc1-c1ccccc1. The van der Waals surface area contributed by atoms with Crippen molar-refractivity contribution in [3.8, 4) is 11.1 Å². The molecule has 2 rings (SSSR count). The molecule has 0 radical (unpaired) electrons. The Labute approximate surface area is 132 Å². The Bertz CT molecular complexity index is 622. The zero-order valence-corrected chi connectivity index (χ0v) is 13.4. The fourth-order valence-electron chi connectivity index (χ4n) is 2.66. The Morgan fingerprint density at radius 3 is 2.23 bits per heavy atom. The van der Waals surface area contributed by atoms with E-state index >= 15 is 0 Å². The highest BCUT2D eigenvalue weighted by Crippen LogP contribution is 2.25. The number of likely N-dealkylation sites (N-methyl/N-ethyl adjacent to an activating group) is 1. The molecule has 116 valence electrons. The summed E-state index contributed by atoms with van der Waals surface area (Å²) in [5.41, 5.74) is 2.60. The van der Waals surface area contributed by atoms with Crippen LogP contribution < -0.4 is 0 Å². The summed E-state index contributed by atoms with van der Waals surface area (Å²) in [6.07, 6.45) is 0. The van der Waals surface area contributed by atoms with Crippen LogP contribution in [0.4, 0.5) is 0 Å². The Morgan fingerprint density at radius 2 is 1.64 bits per heavy atom. The number of carbonyl (C=O) groups is 1. The molecule has 22 heavy (non-hydrogen) atoms. The number of aliphatic hydroxyl groups is 1. The van der Waals surface area contributed by atoms with Crippen molar-refractivity contribution in [1.29, 1.82) is 0 Å². The van der Waals surface area contributed by atoms with Crippen LogP contribution in [0.25, 0.3) is 11.1 Å². The largest absolute Gasteiger partial charge is 0.394 e. The summed E-state index contributed by atoms with van der Waals surface area (Å²) in [5.74, 6) is 0.134. The lowest BCUT2D eigenvalue weighted by molar-refractivity contribution is 0.0589. The summed E-state index contributed by atoms with van der Waals surface area (Å²) in [4.78, 5) is 14.5. The van der Waals surface area contributed by atoms with Crippen LogP contribution in [-0.4, -0.2) is 35.6 Å². The lowest BCUT2D eigenvalue weighted by Crippen LogP contribution is -2.42. The van der Waals surface area contributed by atoms with Crippen molar-refractivity contribution >= 4 is 5.91 Å². The lowest BCUT2D eigenvalue weighted by Gasteiger charge is -2.30. The highest BCUT2D eigenvalue weighted by molar-refractivity contribution is 6.00. The van der Waals surface area contributed by atoms with Gasteiger partial charge in [-0.1, -0.05) is 62.4 Å². The molecule has 1 N–H and O–H groups in total. The number of rotatable bonds is 5. The van der Waals surface area contributed by atoms with Gasteiger partial charge in [-0.05, 0) is 23.1 Å². The van der Waals surface area contributed by atoms with Gasteiger partial charge in [-0.3, -0.25) is 4.79 Å². The molecule has 0 heterocycles. The fraction of sp³-hybridized carbons (Fsp3) is 0.316. The van der Waals surface area contributed by atoms with Gasteiger partial charge >= 0.3 is 0 Å². The van der Waals surface area contributed by atoms with Crippen LogP contribution in [0.15, 0.2) is 54.6 Å². The summed E-state index contributed by atoms with van der Waals surface area (Å²) >= 11 is 0. The van der Waals surface area contributed by atoms with Gasteiger partial charge in [0.05, 0.1) is 12.6 Å². The second-order valence-electron chi connectivity index (χ2n) is 5.82. The molecule has 0 unspecified atom stereocenters. The first-order valence-corrected chi connectivity index (χ1v) is 7.58. The average molecular weight is 297 g/mol. The molecule has 0 bridgehead atoms. The van der Waals surface area contributed by atoms with E-state index in [9.17, 15) is 9.90 Å². The predicted molar refractivity (Wildman–Crippen MR) is 89.7 cm³/mol. The molecule has 3 nitrogen and oxygen atoms in total. The quantitative estimate of drug-likeness (QED) is 0.918. The Kier molecular flexibility index (Phi) is 5.34. The van der Waals surface area contributed by atoms with E-state index in [0.29, 0.717) is 5.56 Å². The van der Waals surface area contributed by atoms with Gasteiger partial charge in [0, 0.05) is 12.6 Å². The molecule has 0 saturated carbocycles. The van der Waals surface area contributed by atoms with Crippen LogP contribution >= 0.6 is 0 Å². The van der Waals surface area contributed by atoms with Crippen molar-refractivity contribution in [2.75, 3.05) is 13.7 Å². The van der Waals surface area contributed by atoms with Gasteiger partial charge in [-0.25, -0.2) is 0 Å². The smallest absolute Gasteiger partial charge is 0.254 e. The highest BCUT2D eigenvalue weighted by Gasteiger charge is 2.24. The monoisotopic (exact) mass is 297 g/mol. The molecule has 0 aliphatic rings. The fourth-order valence-corrected chi connectivity index (χ4v) is 2.66. The number of amides is 1. The summed E-state index contributed by atoms with van der Waals surface area (Å²) < 4.78 is 0. The summed E-state index contributed by atoms with van der Waals surface area (Å²) in [6, 6.07) is 17.3. The van der Waals surface area contributed by atoms with E-state index < -0.39 is 0 Å². The van der Waals surface area contributed by atoms with Crippen LogP contribution in [-0.2, 0) is 0 Å². The maximum atomic E-state index is 12.9. The van der Waals surface area contributed by atoms with Gasteiger partial charge in [0.1, 0.15) is 0 Å². The van der Waals surface area contributed by atoms with Crippen LogP contribution in [0.5, 0.6) is 0 Å². The Morgan fingerprint density at radius 1 is 1.05 bits per heavy atom.